The molecule has 1 heterocycles. The lowest BCUT2D eigenvalue weighted by molar-refractivity contribution is -0.132. The molecule has 0 spiro atoms. The predicted octanol–water partition coefficient (Wildman–Crippen LogP) is 0.150. The molecule has 0 radical (unpaired) electrons. The topological polar surface area (TPSA) is 79.5 Å². The number of hydrogen-bond acceptors (Lipinski definition) is 5. The Hall–Kier alpha value is -1.43. The fourth-order valence-electron chi connectivity index (χ4n) is 1.20. The van der Waals surface area contributed by atoms with Gasteiger partial charge in [0.1, 0.15) is 0 Å². The van der Waals surface area contributed by atoms with Gasteiger partial charge in [0.15, 0.2) is 5.82 Å². The number of aromatic nitrogens is 2. The van der Waals surface area contributed by atoms with Gasteiger partial charge in [-0.25, -0.2) is 0 Å². The Morgan fingerprint density at radius 3 is 2.81 bits per heavy atom. The molecular formula is C10H17N3O3. The standard InChI is InChI=1S/C10H17N3O3/c1-7(6-14)13(3)10(15)5-4-9-11-8(2)12-16-9/h7,14H,4-6H2,1-3H3. The van der Waals surface area contributed by atoms with Crippen molar-refractivity contribution >= 4 is 5.91 Å². The van der Waals surface area contributed by atoms with E-state index in [0.717, 1.165) is 0 Å². The van der Waals surface area contributed by atoms with Crippen LogP contribution in [-0.4, -0.2) is 45.8 Å². The number of aliphatic hydroxyl groups excluding tert-OH is 1. The van der Waals surface area contributed by atoms with Crippen LogP contribution in [0.3, 0.4) is 0 Å². The maximum absolute atomic E-state index is 11.6. The smallest absolute Gasteiger partial charge is 0.227 e. The van der Waals surface area contributed by atoms with Crippen LogP contribution in [0.4, 0.5) is 0 Å². The SMILES string of the molecule is Cc1noc(CCC(=O)N(C)C(C)CO)n1. The molecular weight excluding hydrogens is 210 g/mol. The van der Waals surface area contributed by atoms with E-state index < -0.39 is 0 Å². The van der Waals surface area contributed by atoms with Crippen LogP contribution in [0.5, 0.6) is 0 Å². The van der Waals surface area contributed by atoms with Gasteiger partial charge in [-0.1, -0.05) is 5.16 Å². The van der Waals surface area contributed by atoms with E-state index in [1.807, 2.05) is 0 Å². The molecule has 0 bridgehead atoms. The number of likely N-dealkylation sites (N-methyl/N-ethyl adjacent to an activating group) is 1. The van der Waals surface area contributed by atoms with E-state index in [4.69, 9.17) is 9.63 Å². The predicted molar refractivity (Wildman–Crippen MR) is 56.7 cm³/mol. The third kappa shape index (κ3) is 3.30. The van der Waals surface area contributed by atoms with E-state index in [0.29, 0.717) is 24.6 Å². The van der Waals surface area contributed by atoms with Gasteiger partial charge in [-0.05, 0) is 13.8 Å². The zero-order chi connectivity index (χ0) is 12.1. The van der Waals surface area contributed by atoms with Gasteiger partial charge in [0.25, 0.3) is 0 Å². The molecule has 90 valence electrons. The summed E-state index contributed by atoms with van der Waals surface area (Å²) < 4.78 is 4.90. The lowest BCUT2D eigenvalue weighted by atomic mass is 10.2. The number of aliphatic hydroxyl groups is 1. The highest BCUT2D eigenvalue weighted by Crippen LogP contribution is 2.04. The number of aryl methyl sites for hydroxylation is 2. The maximum atomic E-state index is 11.6. The number of nitrogens with zero attached hydrogens (tertiary/aromatic N) is 3. The van der Waals surface area contributed by atoms with Gasteiger partial charge in [0.05, 0.1) is 12.6 Å². The zero-order valence-electron chi connectivity index (χ0n) is 9.80. The summed E-state index contributed by atoms with van der Waals surface area (Å²) in [6, 6.07) is -0.170. The van der Waals surface area contributed by atoms with Crippen LogP contribution >= 0.6 is 0 Å². The molecule has 16 heavy (non-hydrogen) atoms. The highest BCUT2D eigenvalue weighted by atomic mass is 16.5. The van der Waals surface area contributed by atoms with Crippen molar-refractivity contribution in [2.45, 2.75) is 32.7 Å². The molecule has 0 saturated carbocycles. The number of amides is 1. The molecule has 1 amide bonds. The van der Waals surface area contributed by atoms with Gasteiger partial charge in [0, 0.05) is 19.9 Å². The molecule has 6 nitrogen and oxygen atoms in total. The first kappa shape index (κ1) is 12.6. The first-order chi connectivity index (χ1) is 7.54. The lowest BCUT2D eigenvalue weighted by Gasteiger charge is -2.22. The summed E-state index contributed by atoms with van der Waals surface area (Å²) in [5, 5.41) is 12.5. The molecule has 1 aromatic rings. The molecule has 1 unspecified atom stereocenters. The number of carbonyl (C=O) groups is 1. The van der Waals surface area contributed by atoms with E-state index in [9.17, 15) is 4.79 Å². The zero-order valence-corrected chi connectivity index (χ0v) is 9.80. The van der Waals surface area contributed by atoms with Crippen molar-refractivity contribution in [3.8, 4) is 0 Å². The van der Waals surface area contributed by atoms with Gasteiger partial charge >= 0.3 is 0 Å². The first-order valence-electron chi connectivity index (χ1n) is 5.20. The van der Waals surface area contributed by atoms with E-state index in [2.05, 4.69) is 10.1 Å². The number of rotatable bonds is 5. The van der Waals surface area contributed by atoms with Crippen LogP contribution in [0.15, 0.2) is 4.52 Å². The minimum atomic E-state index is -0.170. The summed E-state index contributed by atoms with van der Waals surface area (Å²) in [6.07, 6.45) is 0.741. The number of carbonyl (C=O) groups excluding carboxylic acids is 1. The molecule has 1 aromatic heterocycles. The normalized spacial score (nSPS) is 12.5. The largest absolute Gasteiger partial charge is 0.394 e. The summed E-state index contributed by atoms with van der Waals surface area (Å²) in [7, 11) is 1.67. The molecule has 0 aliphatic carbocycles. The third-order valence-electron chi connectivity index (χ3n) is 2.44. The average Bonchev–Trinajstić information content (AvgIpc) is 2.69. The van der Waals surface area contributed by atoms with Gasteiger partial charge in [-0.3, -0.25) is 4.79 Å². The monoisotopic (exact) mass is 227 g/mol. The van der Waals surface area contributed by atoms with E-state index in [1.165, 1.54) is 4.90 Å². The lowest BCUT2D eigenvalue weighted by Crippen LogP contribution is -2.37. The van der Waals surface area contributed by atoms with E-state index >= 15 is 0 Å². The Morgan fingerprint density at radius 1 is 1.62 bits per heavy atom. The van der Waals surface area contributed by atoms with Crippen LogP contribution in [-0.2, 0) is 11.2 Å². The molecule has 1 atom stereocenters. The summed E-state index contributed by atoms with van der Waals surface area (Å²) in [4.78, 5) is 17.2. The molecule has 0 aliphatic rings. The van der Waals surface area contributed by atoms with Crippen molar-refractivity contribution < 1.29 is 14.4 Å². The van der Waals surface area contributed by atoms with Crippen molar-refractivity contribution in [3.63, 3.8) is 0 Å². The molecule has 1 rings (SSSR count). The molecule has 1 N–H and O–H groups in total. The van der Waals surface area contributed by atoms with Gasteiger partial charge in [-0.15, -0.1) is 0 Å². The maximum Gasteiger partial charge on any atom is 0.227 e. The Kier molecular flexibility index (Phi) is 4.42. The third-order valence-corrected chi connectivity index (χ3v) is 2.44. The van der Waals surface area contributed by atoms with Crippen LogP contribution in [0.2, 0.25) is 0 Å². The van der Waals surface area contributed by atoms with Crippen molar-refractivity contribution in [1.29, 1.82) is 0 Å². The quantitative estimate of drug-likeness (QED) is 0.774. The van der Waals surface area contributed by atoms with Crippen molar-refractivity contribution in [1.82, 2.24) is 15.0 Å². The average molecular weight is 227 g/mol. The minimum Gasteiger partial charge on any atom is -0.394 e. The fourth-order valence-corrected chi connectivity index (χ4v) is 1.20. The van der Waals surface area contributed by atoms with Crippen LogP contribution < -0.4 is 0 Å². The summed E-state index contributed by atoms with van der Waals surface area (Å²) in [6.45, 7) is 3.48. The van der Waals surface area contributed by atoms with Crippen LogP contribution in [0.25, 0.3) is 0 Å². The van der Waals surface area contributed by atoms with Crippen molar-refractivity contribution in [3.05, 3.63) is 11.7 Å². The molecule has 0 aliphatic heterocycles. The van der Waals surface area contributed by atoms with E-state index in [-0.39, 0.29) is 18.6 Å². The molecule has 0 saturated heterocycles. The minimum absolute atomic E-state index is 0.0398. The highest BCUT2D eigenvalue weighted by molar-refractivity contribution is 5.76. The van der Waals surface area contributed by atoms with Gasteiger partial charge in [0.2, 0.25) is 11.8 Å². The molecule has 0 aromatic carbocycles. The second-order valence-corrected chi connectivity index (χ2v) is 3.77. The van der Waals surface area contributed by atoms with Crippen molar-refractivity contribution in [2.75, 3.05) is 13.7 Å². The number of hydrogen-bond donors (Lipinski definition) is 1. The Labute approximate surface area is 94.3 Å². The Balaban J connectivity index is 2.40. The fraction of sp³-hybridized carbons (Fsp3) is 0.700. The van der Waals surface area contributed by atoms with Crippen molar-refractivity contribution in [2.24, 2.45) is 0 Å². The molecule has 0 fully saturated rings. The highest BCUT2D eigenvalue weighted by Gasteiger charge is 2.15. The van der Waals surface area contributed by atoms with Gasteiger partial charge < -0.3 is 14.5 Å². The second-order valence-electron chi connectivity index (χ2n) is 3.77. The Morgan fingerprint density at radius 2 is 2.31 bits per heavy atom. The summed E-state index contributed by atoms with van der Waals surface area (Å²) in [5.41, 5.74) is 0. The second kappa shape index (κ2) is 5.60. The molecule has 6 heteroatoms. The summed E-state index contributed by atoms with van der Waals surface area (Å²) in [5.74, 6) is 0.993. The summed E-state index contributed by atoms with van der Waals surface area (Å²) >= 11 is 0. The van der Waals surface area contributed by atoms with Crippen LogP contribution in [0.1, 0.15) is 25.1 Å². The van der Waals surface area contributed by atoms with Gasteiger partial charge in [-0.2, -0.15) is 4.98 Å². The Bertz CT molecular complexity index is 351. The van der Waals surface area contributed by atoms with Crippen LogP contribution in [0, 0.1) is 6.92 Å². The first-order valence-corrected chi connectivity index (χ1v) is 5.20. The van der Waals surface area contributed by atoms with E-state index in [1.54, 1.807) is 20.9 Å².